The molecule has 0 radical (unpaired) electrons. The minimum atomic E-state index is -0.812. The molecule has 0 spiro atoms. The predicted molar refractivity (Wildman–Crippen MR) is 43.2 cm³/mol. The van der Waals surface area contributed by atoms with Crippen LogP contribution in [0.1, 0.15) is 6.42 Å². The lowest BCUT2D eigenvalue weighted by molar-refractivity contribution is -0.0392. The van der Waals surface area contributed by atoms with Gasteiger partial charge in [-0.2, -0.15) is 0 Å². The normalized spacial score (nSPS) is 49.2. The molecule has 0 aliphatic heterocycles. The quantitative estimate of drug-likeness (QED) is 0.300. The van der Waals surface area contributed by atoms with E-state index in [4.69, 9.17) is 16.6 Å². The summed E-state index contributed by atoms with van der Waals surface area (Å²) >= 11 is 0. The minimum Gasteiger partial charge on any atom is -0.396 e. The first-order valence-corrected chi connectivity index (χ1v) is 4.06. The lowest BCUT2D eigenvalue weighted by atomic mass is 9.79. The van der Waals surface area contributed by atoms with Crippen LogP contribution in [-0.4, -0.2) is 46.2 Å². The summed E-state index contributed by atoms with van der Waals surface area (Å²) < 4.78 is 0. The molecule has 72 valence electrons. The Bertz CT molecular complexity index is 151. The third-order valence-corrected chi connectivity index (χ3v) is 2.54. The molecule has 0 aromatic carbocycles. The maximum atomic E-state index is 9.45. The lowest BCUT2D eigenvalue weighted by Crippen LogP contribution is -2.62. The number of hydrogen-bond donors (Lipinski definition) is 5. The van der Waals surface area contributed by atoms with Gasteiger partial charge in [0, 0.05) is 24.6 Å². The van der Waals surface area contributed by atoms with Gasteiger partial charge in [-0.1, -0.05) is 0 Å². The van der Waals surface area contributed by atoms with Gasteiger partial charge in [-0.15, -0.1) is 0 Å². The van der Waals surface area contributed by atoms with Crippen LogP contribution in [0, 0.1) is 5.92 Å². The number of aliphatic hydroxyl groups is 3. The van der Waals surface area contributed by atoms with Crippen molar-refractivity contribution in [3.8, 4) is 0 Å². The first kappa shape index (κ1) is 9.88. The average Bonchev–Trinajstić information content (AvgIpc) is 2.08. The fourth-order valence-electron chi connectivity index (χ4n) is 1.59. The molecule has 0 saturated heterocycles. The molecule has 1 fully saturated rings. The van der Waals surface area contributed by atoms with Gasteiger partial charge in [0.05, 0.1) is 12.2 Å². The Hall–Kier alpha value is -0.200. The number of nitrogens with two attached hydrogens (primary N) is 2. The third-order valence-electron chi connectivity index (χ3n) is 2.54. The SMILES string of the molecule is N[C@H]1[C@H](O)[C@@H](CO)CC(O)[C@@H]1N. The molecule has 0 heterocycles. The monoisotopic (exact) mass is 176 g/mol. The Kier molecular flexibility index (Phi) is 3.03. The van der Waals surface area contributed by atoms with Crippen molar-refractivity contribution >= 4 is 0 Å². The molecule has 7 N–H and O–H groups in total. The second-order valence-electron chi connectivity index (χ2n) is 3.39. The summed E-state index contributed by atoms with van der Waals surface area (Å²) in [7, 11) is 0. The van der Waals surface area contributed by atoms with Gasteiger partial charge in [-0.25, -0.2) is 0 Å². The van der Waals surface area contributed by atoms with E-state index in [1.165, 1.54) is 0 Å². The highest BCUT2D eigenvalue weighted by Crippen LogP contribution is 2.23. The summed E-state index contributed by atoms with van der Waals surface area (Å²) in [5.41, 5.74) is 11.0. The van der Waals surface area contributed by atoms with E-state index in [9.17, 15) is 10.2 Å². The lowest BCUT2D eigenvalue weighted by Gasteiger charge is -2.39. The van der Waals surface area contributed by atoms with E-state index in [1.54, 1.807) is 0 Å². The maximum absolute atomic E-state index is 9.45. The van der Waals surface area contributed by atoms with Crippen molar-refractivity contribution in [2.24, 2.45) is 17.4 Å². The number of rotatable bonds is 1. The summed E-state index contributed by atoms with van der Waals surface area (Å²) in [5, 5.41) is 27.6. The van der Waals surface area contributed by atoms with Gasteiger partial charge in [-0.05, 0) is 6.42 Å². The molecule has 1 unspecified atom stereocenters. The van der Waals surface area contributed by atoms with Crippen LogP contribution in [0.3, 0.4) is 0 Å². The number of aliphatic hydroxyl groups excluding tert-OH is 3. The number of hydrogen-bond acceptors (Lipinski definition) is 5. The topological polar surface area (TPSA) is 113 Å². The van der Waals surface area contributed by atoms with E-state index in [1.807, 2.05) is 0 Å². The van der Waals surface area contributed by atoms with Crippen molar-refractivity contribution in [2.75, 3.05) is 6.61 Å². The molecule has 5 heteroatoms. The molecular formula is C7H16N2O3. The van der Waals surface area contributed by atoms with Crippen molar-refractivity contribution in [3.05, 3.63) is 0 Å². The summed E-state index contributed by atoms with van der Waals surface area (Å²) in [4.78, 5) is 0. The van der Waals surface area contributed by atoms with E-state index in [0.29, 0.717) is 6.42 Å². The van der Waals surface area contributed by atoms with E-state index in [0.717, 1.165) is 0 Å². The van der Waals surface area contributed by atoms with Gasteiger partial charge in [0.1, 0.15) is 0 Å². The maximum Gasteiger partial charge on any atom is 0.0758 e. The van der Waals surface area contributed by atoms with Crippen molar-refractivity contribution < 1.29 is 15.3 Å². The van der Waals surface area contributed by atoms with Crippen LogP contribution in [0.2, 0.25) is 0 Å². The minimum absolute atomic E-state index is 0.168. The molecule has 1 aliphatic rings. The molecule has 1 aliphatic carbocycles. The molecule has 1 saturated carbocycles. The van der Waals surface area contributed by atoms with E-state index >= 15 is 0 Å². The van der Waals surface area contributed by atoms with E-state index < -0.39 is 24.3 Å². The molecule has 0 amide bonds. The summed E-state index contributed by atoms with van der Waals surface area (Å²) in [6.45, 7) is -0.168. The summed E-state index contributed by atoms with van der Waals surface area (Å²) in [5.74, 6) is -0.352. The highest BCUT2D eigenvalue weighted by molar-refractivity contribution is 4.97. The van der Waals surface area contributed by atoms with Crippen LogP contribution in [0.4, 0.5) is 0 Å². The van der Waals surface area contributed by atoms with Gasteiger partial charge in [0.25, 0.3) is 0 Å². The van der Waals surface area contributed by atoms with Gasteiger partial charge in [-0.3, -0.25) is 0 Å². The van der Waals surface area contributed by atoms with Crippen LogP contribution in [0.15, 0.2) is 0 Å². The zero-order chi connectivity index (χ0) is 9.30. The summed E-state index contributed by atoms with van der Waals surface area (Å²) in [6, 6.07) is -1.24. The van der Waals surface area contributed by atoms with Gasteiger partial charge in [0.2, 0.25) is 0 Å². The zero-order valence-electron chi connectivity index (χ0n) is 6.80. The second kappa shape index (κ2) is 3.68. The molecule has 1 rings (SSSR count). The van der Waals surface area contributed by atoms with Crippen molar-refractivity contribution in [3.63, 3.8) is 0 Å². The third kappa shape index (κ3) is 1.60. The van der Waals surface area contributed by atoms with Crippen molar-refractivity contribution in [1.29, 1.82) is 0 Å². The first-order chi connectivity index (χ1) is 5.57. The van der Waals surface area contributed by atoms with Gasteiger partial charge < -0.3 is 26.8 Å². The fraction of sp³-hybridized carbons (Fsp3) is 1.00. The van der Waals surface area contributed by atoms with E-state index in [2.05, 4.69) is 0 Å². The van der Waals surface area contributed by atoms with Crippen LogP contribution < -0.4 is 11.5 Å². The fourth-order valence-corrected chi connectivity index (χ4v) is 1.59. The first-order valence-electron chi connectivity index (χ1n) is 4.06. The summed E-state index contributed by atoms with van der Waals surface area (Å²) in [6.07, 6.45) is -1.22. The van der Waals surface area contributed by atoms with Gasteiger partial charge in [0.15, 0.2) is 0 Å². The van der Waals surface area contributed by atoms with Crippen LogP contribution in [0.5, 0.6) is 0 Å². The molecule has 5 nitrogen and oxygen atoms in total. The molecular weight excluding hydrogens is 160 g/mol. The Balaban J connectivity index is 2.63. The Morgan fingerprint density at radius 3 is 2.25 bits per heavy atom. The second-order valence-corrected chi connectivity index (χ2v) is 3.39. The van der Waals surface area contributed by atoms with Crippen LogP contribution in [0.25, 0.3) is 0 Å². The molecule has 0 bridgehead atoms. The Labute approximate surface area is 71.0 Å². The molecule has 12 heavy (non-hydrogen) atoms. The van der Waals surface area contributed by atoms with Crippen molar-refractivity contribution in [2.45, 2.75) is 30.7 Å². The highest BCUT2D eigenvalue weighted by atomic mass is 16.3. The highest BCUT2D eigenvalue weighted by Gasteiger charge is 2.39. The molecule has 0 aromatic heterocycles. The molecule has 5 atom stereocenters. The Morgan fingerprint density at radius 2 is 1.75 bits per heavy atom. The van der Waals surface area contributed by atoms with Crippen LogP contribution in [-0.2, 0) is 0 Å². The molecule has 0 aromatic rings. The zero-order valence-corrected chi connectivity index (χ0v) is 6.80. The predicted octanol–water partition coefficient (Wildman–Crippen LogP) is -2.62. The van der Waals surface area contributed by atoms with Gasteiger partial charge >= 0.3 is 0 Å². The van der Waals surface area contributed by atoms with E-state index in [-0.39, 0.29) is 12.5 Å². The largest absolute Gasteiger partial charge is 0.396 e. The smallest absolute Gasteiger partial charge is 0.0758 e. The Morgan fingerprint density at radius 1 is 1.17 bits per heavy atom. The standard InChI is InChI=1S/C7H16N2O3/c8-5-4(11)1-3(2-10)7(12)6(5)9/h3-7,10-12H,1-2,8-9H2/t3-,4?,5+,6-,7-/m1/s1. The average molecular weight is 176 g/mol. The van der Waals surface area contributed by atoms with Crippen LogP contribution >= 0.6 is 0 Å². The van der Waals surface area contributed by atoms with Crippen molar-refractivity contribution in [1.82, 2.24) is 0 Å².